The average Bonchev–Trinajstić information content (AvgIpc) is 2.90. The summed E-state index contributed by atoms with van der Waals surface area (Å²) in [6.07, 6.45) is 0.761. The highest BCUT2D eigenvalue weighted by Crippen LogP contribution is 2.37. The normalized spacial score (nSPS) is 21.8. The number of thioether (sulfide) groups is 1. The van der Waals surface area contributed by atoms with Gasteiger partial charge in [-0.1, -0.05) is 29.8 Å². The second-order valence-corrected chi connectivity index (χ2v) is 8.00. The molecule has 2 fully saturated rings. The van der Waals surface area contributed by atoms with Crippen molar-refractivity contribution in [1.29, 1.82) is 0 Å². The third kappa shape index (κ3) is 3.83. The molecule has 2 saturated heterocycles. The van der Waals surface area contributed by atoms with Crippen molar-refractivity contribution in [3.63, 3.8) is 0 Å². The fourth-order valence-electron chi connectivity index (χ4n) is 3.28. The van der Waals surface area contributed by atoms with Crippen LogP contribution in [0, 0.1) is 0 Å². The first kappa shape index (κ1) is 19.0. The molecule has 2 aliphatic heterocycles. The summed E-state index contributed by atoms with van der Waals surface area (Å²) >= 11 is 8.07. The van der Waals surface area contributed by atoms with Gasteiger partial charge in [-0.3, -0.25) is 14.5 Å². The van der Waals surface area contributed by atoms with Gasteiger partial charge >= 0.3 is 17.8 Å². The lowest BCUT2D eigenvalue weighted by Gasteiger charge is -2.34. The summed E-state index contributed by atoms with van der Waals surface area (Å²) in [5.74, 6) is -0.550. The van der Waals surface area contributed by atoms with Gasteiger partial charge in [-0.25, -0.2) is 4.79 Å². The molecule has 2 heterocycles. The molecular formula is C18H22ClN3O3S. The Labute approximate surface area is 162 Å². The molecule has 1 atom stereocenters. The Morgan fingerprint density at radius 2 is 1.92 bits per heavy atom. The SMILES string of the molecule is CCN1CCN(C(=O)N2CCSC(c3ccccc3Cl)CC2)C(=O)C1=O. The number of amides is 4. The van der Waals surface area contributed by atoms with Crippen molar-refractivity contribution < 1.29 is 14.4 Å². The van der Waals surface area contributed by atoms with Crippen molar-refractivity contribution in [2.75, 3.05) is 38.5 Å². The first-order chi connectivity index (χ1) is 12.5. The van der Waals surface area contributed by atoms with Gasteiger partial charge in [0.25, 0.3) is 0 Å². The second-order valence-electron chi connectivity index (χ2n) is 6.28. The van der Waals surface area contributed by atoms with Gasteiger partial charge in [-0.15, -0.1) is 0 Å². The first-order valence-corrected chi connectivity index (χ1v) is 10.2. The summed E-state index contributed by atoms with van der Waals surface area (Å²) in [5.41, 5.74) is 1.08. The van der Waals surface area contributed by atoms with Gasteiger partial charge in [-0.2, -0.15) is 11.8 Å². The number of urea groups is 1. The molecule has 0 aliphatic carbocycles. The number of likely N-dealkylation sites (N-methyl/N-ethyl adjacent to an activating group) is 1. The quantitative estimate of drug-likeness (QED) is 0.722. The van der Waals surface area contributed by atoms with E-state index in [1.54, 1.807) is 16.7 Å². The Kier molecular flexibility index (Phi) is 6.09. The molecule has 0 bridgehead atoms. The van der Waals surface area contributed by atoms with Crippen LogP contribution in [0.15, 0.2) is 24.3 Å². The lowest BCUT2D eigenvalue weighted by molar-refractivity contribution is -0.153. The molecule has 1 aromatic carbocycles. The summed E-state index contributed by atoms with van der Waals surface area (Å²) in [6.45, 7) is 4.06. The number of benzene rings is 1. The number of piperazine rings is 1. The summed E-state index contributed by atoms with van der Waals surface area (Å²) in [7, 11) is 0. The number of carbonyl (C=O) groups excluding carboxylic acids is 3. The molecule has 140 valence electrons. The highest BCUT2D eigenvalue weighted by molar-refractivity contribution is 7.99. The van der Waals surface area contributed by atoms with Crippen molar-refractivity contribution in [3.05, 3.63) is 34.9 Å². The van der Waals surface area contributed by atoms with Crippen LogP contribution in [0.4, 0.5) is 4.79 Å². The molecule has 0 N–H and O–H groups in total. The molecule has 0 spiro atoms. The molecule has 1 unspecified atom stereocenters. The number of hydrogen-bond acceptors (Lipinski definition) is 4. The van der Waals surface area contributed by atoms with Gasteiger partial charge in [-0.05, 0) is 25.0 Å². The van der Waals surface area contributed by atoms with E-state index in [4.69, 9.17) is 11.6 Å². The van der Waals surface area contributed by atoms with E-state index in [-0.39, 0.29) is 17.8 Å². The average molecular weight is 396 g/mol. The standard InChI is InChI=1S/C18H22ClN3O3S/c1-2-20-9-10-22(17(24)16(20)23)18(25)21-8-7-15(26-12-11-21)13-5-3-4-6-14(13)19/h3-6,15H,2,7-12H2,1H3. The van der Waals surface area contributed by atoms with E-state index in [0.717, 1.165) is 27.7 Å². The Balaban J connectivity index is 1.66. The molecule has 6 nitrogen and oxygen atoms in total. The molecule has 1 aromatic rings. The van der Waals surface area contributed by atoms with Crippen LogP contribution < -0.4 is 0 Å². The monoisotopic (exact) mass is 395 g/mol. The largest absolute Gasteiger partial charge is 0.333 e. The number of halogens is 1. The van der Waals surface area contributed by atoms with Gasteiger partial charge in [0.15, 0.2) is 0 Å². The van der Waals surface area contributed by atoms with E-state index in [2.05, 4.69) is 0 Å². The molecule has 0 saturated carbocycles. The molecule has 8 heteroatoms. The molecule has 2 aliphatic rings. The van der Waals surface area contributed by atoms with E-state index in [0.29, 0.717) is 26.2 Å². The van der Waals surface area contributed by atoms with Crippen molar-refractivity contribution in [3.8, 4) is 0 Å². The zero-order valence-electron chi connectivity index (χ0n) is 14.7. The maximum atomic E-state index is 12.8. The fraction of sp³-hybridized carbons (Fsp3) is 0.500. The Morgan fingerprint density at radius 3 is 2.65 bits per heavy atom. The maximum absolute atomic E-state index is 12.8. The van der Waals surface area contributed by atoms with Crippen LogP contribution in [0.2, 0.25) is 5.02 Å². The van der Waals surface area contributed by atoms with Gasteiger partial charge in [0.1, 0.15) is 0 Å². The minimum absolute atomic E-state index is 0.218. The topological polar surface area (TPSA) is 60.9 Å². The molecule has 0 radical (unpaired) electrons. The van der Waals surface area contributed by atoms with Gasteiger partial charge < -0.3 is 9.80 Å². The third-order valence-corrected chi connectivity index (χ3v) is 6.44. The summed E-state index contributed by atoms with van der Waals surface area (Å²) in [4.78, 5) is 41.3. The van der Waals surface area contributed by atoms with Gasteiger partial charge in [0.05, 0.1) is 0 Å². The van der Waals surface area contributed by atoms with Crippen LogP contribution in [-0.4, -0.2) is 71.0 Å². The van der Waals surface area contributed by atoms with E-state index >= 15 is 0 Å². The maximum Gasteiger partial charge on any atom is 0.327 e. The highest BCUT2D eigenvalue weighted by Gasteiger charge is 2.37. The number of carbonyl (C=O) groups is 3. The van der Waals surface area contributed by atoms with Crippen LogP contribution in [0.3, 0.4) is 0 Å². The molecular weight excluding hydrogens is 374 g/mol. The number of rotatable bonds is 2. The Hall–Kier alpha value is -1.73. The molecule has 26 heavy (non-hydrogen) atoms. The number of nitrogens with zero attached hydrogens (tertiary/aromatic N) is 3. The Morgan fingerprint density at radius 1 is 1.15 bits per heavy atom. The van der Waals surface area contributed by atoms with Crippen LogP contribution >= 0.6 is 23.4 Å². The van der Waals surface area contributed by atoms with E-state index in [9.17, 15) is 14.4 Å². The molecule has 0 aromatic heterocycles. The summed E-state index contributed by atoms with van der Waals surface area (Å²) in [5, 5.41) is 0.956. The highest BCUT2D eigenvalue weighted by atomic mass is 35.5. The van der Waals surface area contributed by atoms with Gasteiger partial charge in [0.2, 0.25) is 0 Å². The summed E-state index contributed by atoms with van der Waals surface area (Å²) in [6, 6.07) is 7.40. The van der Waals surface area contributed by atoms with Crippen LogP contribution in [0.1, 0.15) is 24.2 Å². The van der Waals surface area contributed by atoms with E-state index in [1.807, 2.05) is 31.2 Å². The number of hydrogen-bond donors (Lipinski definition) is 0. The first-order valence-electron chi connectivity index (χ1n) is 8.78. The molecule has 4 amide bonds. The van der Waals surface area contributed by atoms with Crippen LogP contribution in [-0.2, 0) is 9.59 Å². The predicted molar refractivity (Wildman–Crippen MR) is 102 cm³/mol. The van der Waals surface area contributed by atoms with Crippen molar-refractivity contribution in [1.82, 2.24) is 14.7 Å². The van der Waals surface area contributed by atoms with Crippen molar-refractivity contribution >= 4 is 41.2 Å². The number of imide groups is 1. The minimum Gasteiger partial charge on any atom is -0.333 e. The minimum atomic E-state index is -0.720. The Bertz CT molecular complexity index is 715. The van der Waals surface area contributed by atoms with Crippen LogP contribution in [0.5, 0.6) is 0 Å². The third-order valence-electron chi connectivity index (χ3n) is 4.79. The lowest BCUT2D eigenvalue weighted by Crippen LogP contribution is -2.58. The molecule has 3 rings (SSSR count). The zero-order valence-corrected chi connectivity index (χ0v) is 16.3. The zero-order chi connectivity index (χ0) is 18.7. The van der Waals surface area contributed by atoms with Crippen molar-refractivity contribution in [2.45, 2.75) is 18.6 Å². The predicted octanol–water partition coefficient (Wildman–Crippen LogP) is 2.63. The second kappa shape index (κ2) is 8.31. The lowest BCUT2D eigenvalue weighted by atomic mass is 10.1. The summed E-state index contributed by atoms with van der Waals surface area (Å²) < 4.78 is 0. The van der Waals surface area contributed by atoms with Crippen LogP contribution in [0.25, 0.3) is 0 Å². The fourth-order valence-corrected chi connectivity index (χ4v) is 4.88. The van der Waals surface area contributed by atoms with E-state index < -0.39 is 11.8 Å². The van der Waals surface area contributed by atoms with E-state index in [1.165, 1.54) is 4.90 Å². The van der Waals surface area contributed by atoms with Crippen molar-refractivity contribution in [2.24, 2.45) is 0 Å². The smallest absolute Gasteiger partial charge is 0.327 e. The van der Waals surface area contributed by atoms with Gasteiger partial charge in [0, 0.05) is 48.7 Å².